The molecule has 0 heterocycles. The van der Waals surface area contributed by atoms with Gasteiger partial charge in [-0.1, -0.05) is 48.5 Å². The van der Waals surface area contributed by atoms with Crippen molar-refractivity contribution in [2.75, 3.05) is 14.2 Å². The number of fused-ring (bicyclic) bond motifs is 1. The van der Waals surface area contributed by atoms with E-state index in [1.54, 1.807) is 18.2 Å². The Hall–Kier alpha value is -3.67. The summed E-state index contributed by atoms with van der Waals surface area (Å²) in [6, 6.07) is 19.0. The summed E-state index contributed by atoms with van der Waals surface area (Å²) in [4.78, 5) is 36.6. The van der Waals surface area contributed by atoms with Gasteiger partial charge in [0.05, 0.1) is 19.8 Å². The van der Waals surface area contributed by atoms with Gasteiger partial charge in [0.15, 0.2) is 0 Å². The van der Waals surface area contributed by atoms with Crippen molar-refractivity contribution in [1.82, 2.24) is 5.32 Å². The number of hydrogen-bond acceptors (Lipinski definition) is 5. The zero-order valence-electron chi connectivity index (χ0n) is 16.2. The molecule has 0 fully saturated rings. The second-order valence-electron chi connectivity index (χ2n) is 6.51. The molecule has 3 aromatic rings. The van der Waals surface area contributed by atoms with Crippen LogP contribution >= 0.6 is 0 Å². The molecule has 0 aliphatic carbocycles. The van der Waals surface area contributed by atoms with Crippen LogP contribution in [0.3, 0.4) is 0 Å². The highest BCUT2D eigenvalue weighted by molar-refractivity contribution is 5.99. The summed E-state index contributed by atoms with van der Waals surface area (Å²) in [5.74, 6) is -1.57. The first-order chi connectivity index (χ1) is 14.0. The molecular formula is C23H21NO5. The number of methoxy groups -OCH3 is 2. The molecule has 0 spiro atoms. The van der Waals surface area contributed by atoms with Crippen LogP contribution in [-0.2, 0) is 20.7 Å². The van der Waals surface area contributed by atoms with Gasteiger partial charge in [0, 0.05) is 12.0 Å². The zero-order chi connectivity index (χ0) is 20.8. The molecule has 1 N–H and O–H groups in total. The van der Waals surface area contributed by atoms with Gasteiger partial charge in [-0.25, -0.2) is 9.59 Å². The van der Waals surface area contributed by atoms with Crippen LogP contribution in [0.25, 0.3) is 10.8 Å². The van der Waals surface area contributed by atoms with Crippen LogP contribution in [-0.4, -0.2) is 38.1 Å². The first-order valence-electron chi connectivity index (χ1n) is 9.06. The Balaban J connectivity index is 1.80. The van der Waals surface area contributed by atoms with E-state index in [1.165, 1.54) is 20.3 Å². The van der Waals surface area contributed by atoms with E-state index >= 15 is 0 Å². The quantitative estimate of drug-likeness (QED) is 0.653. The van der Waals surface area contributed by atoms with Crippen molar-refractivity contribution in [2.24, 2.45) is 0 Å². The summed E-state index contributed by atoms with van der Waals surface area (Å²) in [7, 11) is 2.55. The minimum atomic E-state index is -0.865. The molecule has 0 aliphatic heterocycles. The van der Waals surface area contributed by atoms with Crippen molar-refractivity contribution in [1.29, 1.82) is 0 Å². The predicted octanol–water partition coefficient (Wildman–Crippen LogP) is 3.14. The van der Waals surface area contributed by atoms with Crippen LogP contribution in [0.4, 0.5) is 0 Å². The molecule has 6 heteroatoms. The van der Waals surface area contributed by atoms with Gasteiger partial charge in [-0.15, -0.1) is 0 Å². The minimum Gasteiger partial charge on any atom is -0.467 e. The molecule has 148 valence electrons. The Kier molecular flexibility index (Phi) is 6.24. The van der Waals surface area contributed by atoms with Crippen LogP contribution < -0.4 is 5.32 Å². The van der Waals surface area contributed by atoms with Crippen molar-refractivity contribution in [3.05, 3.63) is 83.4 Å². The summed E-state index contributed by atoms with van der Waals surface area (Å²) in [6.07, 6.45) is 0.278. The first-order valence-corrected chi connectivity index (χ1v) is 9.06. The number of esters is 2. The summed E-state index contributed by atoms with van der Waals surface area (Å²) in [5.41, 5.74) is 1.40. The molecule has 0 saturated heterocycles. The van der Waals surface area contributed by atoms with Crippen molar-refractivity contribution in [3.63, 3.8) is 0 Å². The van der Waals surface area contributed by atoms with Gasteiger partial charge in [-0.3, -0.25) is 4.79 Å². The lowest BCUT2D eigenvalue weighted by molar-refractivity contribution is -0.142. The number of hydrogen-bond donors (Lipinski definition) is 1. The molecule has 3 aromatic carbocycles. The van der Waals surface area contributed by atoms with E-state index in [4.69, 9.17) is 4.74 Å². The van der Waals surface area contributed by atoms with Crippen LogP contribution in [0.1, 0.15) is 26.3 Å². The number of carbonyl (C=O) groups is 3. The summed E-state index contributed by atoms with van der Waals surface area (Å²) >= 11 is 0. The van der Waals surface area contributed by atoms with Crippen LogP contribution in [0.2, 0.25) is 0 Å². The maximum absolute atomic E-state index is 12.7. The minimum absolute atomic E-state index is 0.250. The van der Waals surface area contributed by atoms with Crippen LogP contribution in [0.5, 0.6) is 0 Å². The van der Waals surface area contributed by atoms with Gasteiger partial charge in [0.2, 0.25) is 0 Å². The molecule has 0 saturated carbocycles. The highest BCUT2D eigenvalue weighted by Gasteiger charge is 2.23. The number of rotatable bonds is 6. The second kappa shape index (κ2) is 9.01. The molecule has 0 unspecified atom stereocenters. The number of benzene rings is 3. The predicted molar refractivity (Wildman–Crippen MR) is 109 cm³/mol. The zero-order valence-corrected chi connectivity index (χ0v) is 16.2. The third-order valence-electron chi connectivity index (χ3n) is 4.59. The summed E-state index contributed by atoms with van der Waals surface area (Å²) in [5, 5.41) is 4.84. The lowest BCUT2D eigenvalue weighted by Gasteiger charge is -2.17. The number of ether oxygens (including phenoxy) is 2. The fourth-order valence-electron chi connectivity index (χ4n) is 3.08. The van der Waals surface area contributed by atoms with Crippen molar-refractivity contribution in [2.45, 2.75) is 12.5 Å². The second-order valence-corrected chi connectivity index (χ2v) is 6.51. The van der Waals surface area contributed by atoms with Gasteiger partial charge in [0.1, 0.15) is 6.04 Å². The van der Waals surface area contributed by atoms with Gasteiger partial charge >= 0.3 is 11.9 Å². The number of carbonyl (C=O) groups excluding carboxylic acids is 3. The maximum atomic E-state index is 12.7. The average Bonchev–Trinajstić information content (AvgIpc) is 2.77. The van der Waals surface area contributed by atoms with Gasteiger partial charge in [-0.2, -0.15) is 0 Å². The van der Waals surface area contributed by atoms with Crippen molar-refractivity contribution < 1.29 is 23.9 Å². The van der Waals surface area contributed by atoms with E-state index in [0.717, 1.165) is 16.3 Å². The smallest absolute Gasteiger partial charge is 0.337 e. The fourth-order valence-corrected chi connectivity index (χ4v) is 3.08. The van der Waals surface area contributed by atoms with E-state index in [1.807, 2.05) is 42.5 Å². The Labute approximate surface area is 168 Å². The van der Waals surface area contributed by atoms with Crippen molar-refractivity contribution in [3.8, 4) is 0 Å². The largest absolute Gasteiger partial charge is 0.467 e. The van der Waals surface area contributed by atoms with E-state index in [9.17, 15) is 14.4 Å². The van der Waals surface area contributed by atoms with E-state index < -0.39 is 23.9 Å². The highest BCUT2D eigenvalue weighted by atomic mass is 16.5. The van der Waals surface area contributed by atoms with Crippen molar-refractivity contribution >= 4 is 28.6 Å². The molecule has 3 rings (SSSR count). The third kappa shape index (κ3) is 4.79. The van der Waals surface area contributed by atoms with Gasteiger partial charge < -0.3 is 14.8 Å². The Morgan fingerprint density at radius 2 is 1.55 bits per heavy atom. The molecule has 1 amide bonds. The number of amides is 1. The molecule has 29 heavy (non-hydrogen) atoms. The Morgan fingerprint density at radius 1 is 0.828 bits per heavy atom. The Morgan fingerprint density at radius 3 is 2.28 bits per heavy atom. The molecule has 0 aromatic heterocycles. The van der Waals surface area contributed by atoms with Gasteiger partial charge in [0.25, 0.3) is 5.91 Å². The van der Waals surface area contributed by atoms with Crippen LogP contribution in [0, 0.1) is 0 Å². The van der Waals surface area contributed by atoms with E-state index in [-0.39, 0.29) is 17.5 Å². The Bertz CT molecular complexity index is 1060. The lowest BCUT2D eigenvalue weighted by Crippen LogP contribution is -2.43. The number of nitrogens with one attached hydrogen (secondary N) is 1. The van der Waals surface area contributed by atoms with E-state index in [2.05, 4.69) is 10.1 Å². The lowest BCUT2D eigenvalue weighted by atomic mass is 10.0. The summed E-state index contributed by atoms with van der Waals surface area (Å²) in [6.45, 7) is 0. The normalized spacial score (nSPS) is 11.5. The SMILES string of the molecule is COC(=O)c1cccc(C(=O)N[C@@H](Cc2ccc3ccccc3c2)C(=O)OC)c1. The fraction of sp³-hybridized carbons (Fsp3) is 0.174. The van der Waals surface area contributed by atoms with Gasteiger partial charge in [-0.05, 0) is 34.5 Å². The summed E-state index contributed by atoms with van der Waals surface area (Å²) < 4.78 is 9.54. The first kappa shape index (κ1) is 20.1. The molecule has 6 nitrogen and oxygen atoms in total. The molecule has 0 radical (unpaired) electrons. The molecule has 0 aliphatic rings. The monoisotopic (exact) mass is 391 g/mol. The topological polar surface area (TPSA) is 81.7 Å². The molecule has 1 atom stereocenters. The highest BCUT2D eigenvalue weighted by Crippen LogP contribution is 2.17. The van der Waals surface area contributed by atoms with E-state index in [0.29, 0.717) is 0 Å². The third-order valence-corrected chi connectivity index (χ3v) is 4.59. The maximum Gasteiger partial charge on any atom is 0.337 e. The molecular weight excluding hydrogens is 370 g/mol. The standard InChI is InChI=1S/C23H21NO5/c1-28-22(26)19-9-5-8-18(14-19)21(25)24-20(23(27)29-2)13-15-10-11-16-6-3-4-7-17(16)12-15/h3-12,14,20H,13H2,1-2H3,(H,24,25)/t20-/m0/s1. The van der Waals surface area contributed by atoms with Crippen LogP contribution in [0.15, 0.2) is 66.7 Å². The average molecular weight is 391 g/mol. The molecule has 0 bridgehead atoms.